The lowest BCUT2D eigenvalue weighted by atomic mass is 9.62. The molecule has 1 spiro atoms. The molecule has 0 unspecified atom stereocenters. The van der Waals surface area contributed by atoms with Crippen LogP contribution in [0.15, 0.2) is 0 Å². The maximum Gasteiger partial charge on any atom is 0.410 e. The van der Waals surface area contributed by atoms with Crippen molar-refractivity contribution in [1.82, 2.24) is 9.80 Å². The van der Waals surface area contributed by atoms with Gasteiger partial charge in [-0.3, -0.25) is 0 Å². The highest BCUT2D eigenvalue weighted by Gasteiger charge is 2.55. The summed E-state index contributed by atoms with van der Waals surface area (Å²) in [6.45, 7) is 9.72. The number of likely N-dealkylation sites (tertiary alicyclic amines) is 2. The first-order chi connectivity index (χ1) is 10.2. The molecule has 5 heteroatoms. The van der Waals surface area contributed by atoms with E-state index in [1.807, 2.05) is 25.7 Å². The Bertz CT molecular complexity index is 410. The van der Waals surface area contributed by atoms with Crippen LogP contribution < -0.4 is 0 Å². The van der Waals surface area contributed by atoms with E-state index in [-0.39, 0.29) is 6.09 Å². The number of nitrogens with zero attached hydrogens (tertiary/aromatic N) is 2. The zero-order valence-corrected chi connectivity index (χ0v) is 14.4. The van der Waals surface area contributed by atoms with Gasteiger partial charge in [-0.15, -0.1) is 0 Å². The van der Waals surface area contributed by atoms with Crippen molar-refractivity contribution in [2.24, 2.45) is 5.41 Å². The monoisotopic (exact) mass is 310 g/mol. The molecule has 3 fully saturated rings. The van der Waals surface area contributed by atoms with Gasteiger partial charge in [0.05, 0.1) is 12.2 Å². The predicted octanol–water partition coefficient (Wildman–Crippen LogP) is 2.50. The summed E-state index contributed by atoms with van der Waals surface area (Å²) in [6, 6.07) is 0. The van der Waals surface area contributed by atoms with Crippen molar-refractivity contribution in [3.63, 3.8) is 0 Å². The summed E-state index contributed by atoms with van der Waals surface area (Å²) in [5, 5.41) is 0. The Morgan fingerprint density at radius 2 is 1.68 bits per heavy atom. The van der Waals surface area contributed by atoms with E-state index in [2.05, 4.69) is 11.9 Å². The molecule has 0 atom stereocenters. The Labute approximate surface area is 133 Å². The van der Waals surface area contributed by atoms with Crippen LogP contribution in [0, 0.1) is 5.41 Å². The molecule has 0 aromatic carbocycles. The molecule has 2 heterocycles. The number of rotatable bonds is 2. The smallest absolute Gasteiger partial charge is 0.410 e. The number of hydrogen-bond acceptors (Lipinski definition) is 4. The Balaban J connectivity index is 1.35. The standard InChI is InChI=1S/C17H30N2O3/c1-16(2,3)22-15(20)19-11-17(12-19)9-14(10-17)21-13-5-7-18(4)8-6-13/h13-14H,5-12H2,1-4H3. The van der Waals surface area contributed by atoms with E-state index in [1.54, 1.807) is 0 Å². The average Bonchev–Trinajstić information content (AvgIpc) is 2.30. The van der Waals surface area contributed by atoms with Crippen molar-refractivity contribution in [3.05, 3.63) is 0 Å². The zero-order chi connectivity index (χ0) is 16.0. The minimum Gasteiger partial charge on any atom is -0.444 e. The van der Waals surface area contributed by atoms with Crippen molar-refractivity contribution < 1.29 is 14.3 Å². The fraction of sp³-hybridized carbons (Fsp3) is 0.941. The van der Waals surface area contributed by atoms with Crippen LogP contribution in [0.3, 0.4) is 0 Å². The van der Waals surface area contributed by atoms with Gasteiger partial charge < -0.3 is 19.3 Å². The topological polar surface area (TPSA) is 42.0 Å². The second kappa shape index (κ2) is 5.68. The molecule has 3 aliphatic rings. The number of amides is 1. The summed E-state index contributed by atoms with van der Waals surface area (Å²) in [5.41, 5.74) is -0.0771. The van der Waals surface area contributed by atoms with Gasteiger partial charge in [0.2, 0.25) is 0 Å². The molecule has 1 aliphatic carbocycles. The van der Waals surface area contributed by atoms with Crippen LogP contribution in [0.5, 0.6) is 0 Å². The third-order valence-corrected chi connectivity index (χ3v) is 5.08. The minimum absolute atomic E-state index is 0.169. The Hall–Kier alpha value is -0.810. The van der Waals surface area contributed by atoms with Crippen molar-refractivity contribution in [1.29, 1.82) is 0 Å². The van der Waals surface area contributed by atoms with Crippen LogP contribution in [0.2, 0.25) is 0 Å². The first-order valence-corrected chi connectivity index (χ1v) is 8.57. The average molecular weight is 310 g/mol. The van der Waals surface area contributed by atoms with Crippen LogP contribution in [0.4, 0.5) is 4.79 Å². The summed E-state index contributed by atoms with van der Waals surface area (Å²) in [6.07, 6.45) is 5.22. The number of ether oxygens (including phenoxy) is 2. The summed E-state index contributed by atoms with van der Waals surface area (Å²) >= 11 is 0. The molecule has 0 aromatic heterocycles. The fourth-order valence-corrected chi connectivity index (χ4v) is 3.87. The SMILES string of the molecule is CN1CCC(OC2CC3(C2)CN(C(=O)OC(C)(C)C)C3)CC1. The largest absolute Gasteiger partial charge is 0.444 e. The van der Waals surface area contributed by atoms with Gasteiger partial charge in [0, 0.05) is 31.6 Å². The highest BCUT2D eigenvalue weighted by molar-refractivity contribution is 5.69. The lowest BCUT2D eigenvalue weighted by Gasteiger charge is -2.58. The molecular formula is C17H30N2O3. The first kappa shape index (κ1) is 16.1. The number of hydrogen-bond donors (Lipinski definition) is 0. The third-order valence-electron chi connectivity index (χ3n) is 5.08. The Morgan fingerprint density at radius 1 is 1.09 bits per heavy atom. The second-order valence-electron chi connectivity index (χ2n) is 8.51. The van der Waals surface area contributed by atoms with Crippen LogP contribution in [-0.4, -0.2) is 66.9 Å². The van der Waals surface area contributed by atoms with E-state index in [0.29, 0.717) is 17.6 Å². The lowest BCUT2D eigenvalue weighted by molar-refractivity contribution is -0.170. The van der Waals surface area contributed by atoms with Gasteiger partial charge in [-0.2, -0.15) is 0 Å². The second-order valence-corrected chi connectivity index (χ2v) is 8.51. The van der Waals surface area contributed by atoms with Gasteiger partial charge in [-0.05, 0) is 53.5 Å². The molecule has 2 aliphatic heterocycles. The zero-order valence-electron chi connectivity index (χ0n) is 14.4. The fourth-order valence-electron chi connectivity index (χ4n) is 3.87. The van der Waals surface area contributed by atoms with E-state index in [1.165, 1.54) is 0 Å². The maximum atomic E-state index is 12.0. The quantitative estimate of drug-likeness (QED) is 0.786. The molecule has 0 radical (unpaired) electrons. The van der Waals surface area contributed by atoms with Gasteiger partial charge in [0.15, 0.2) is 0 Å². The van der Waals surface area contributed by atoms with Crippen LogP contribution >= 0.6 is 0 Å². The lowest BCUT2D eigenvalue weighted by Crippen LogP contribution is -2.66. The molecular weight excluding hydrogens is 280 g/mol. The Morgan fingerprint density at radius 3 is 2.23 bits per heavy atom. The molecule has 1 amide bonds. The predicted molar refractivity (Wildman–Crippen MR) is 84.9 cm³/mol. The highest BCUT2D eigenvalue weighted by atomic mass is 16.6. The Kier molecular flexibility index (Phi) is 4.14. The van der Waals surface area contributed by atoms with Crippen LogP contribution in [0.25, 0.3) is 0 Å². The number of carbonyl (C=O) groups is 1. The van der Waals surface area contributed by atoms with E-state index >= 15 is 0 Å². The van der Waals surface area contributed by atoms with Gasteiger partial charge in [0.1, 0.15) is 5.60 Å². The molecule has 5 nitrogen and oxygen atoms in total. The first-order valence-electron chi connectivity index (χ1n) is 8.57. The number of piperidine rings is 1. The van der Waals surface area contributed by atoms with Crippen LogP contribution in [-0.2, 0) is 9.47 Å². The molecule has 0 aromatic rings. The highest BCUT2D eigenvalue weighted by Crippen LogP contribution is 2.50. The van der Waals surface area contributed by atoms with Crippen molar-refractivity contribution in [3.8, 4) is 0 Å². The third kappa shape index (κ3) is 3.57. The van der Waals surface area contributed by atoms with Crippen LogP contribution in [0.1, 0.15) is 46.5 Å². The van der Waals surface area contributed by atoms with E-state index < -0.39 is 5.60 Å². The molecule has 22 heavy (non-hydrogen) atoms. The van der Waals surface area contributed by atoms with E-state index in [4.69, 9.17) is 9.47 Å². The molecule has 1 saturated carbocycles. The van der Waals surface area contributed by atoms with Gasteiger partial charge in [-0.1, -0.05) is 0 Å². The maximum absolute atomic E-state index is 12.0. The molecule has 2 saturated heterocycles. The number of carbonyl (C=O) groups excluding carboxylic acids is 1. The van der Waals surface area contributed by atoms with Gasteiger partial charge >= 0.3 is 6.09 Å². The van der Waals surface area contributed by atoms with E-state index in [0.717, 1.165) is 51.9 Å². The molecule has 3 rings (SSSR count). The normalized spacial score (nSPS) is 26.6. The summed E-state index contributed by atoms with van der Waals surface area (Å²) < 4.78 is 11.6. The summed E-state index contributed by atoms with van der Waals surface area (Å²) in [4.78, 5) is 16.2. The molecule has 0 N–H and O–H groups in total. The van der Waals surface area contributed by atoms with Crippen molar-refractivity contribution in [2.75, 3.05) is 33.2 Å². The summed E-state index contributed by atoms with van der Waals surface area (Å²) in [5.74, 6) is 0. The van der Waals surface area contributed by atoms with Gasteiger partial charge in [0.25, 0.3) is 0 Å². The molecule has 126 valence electrons. The van der Waals surface area contributed by atoms with Crippen molar-refractivity contribution in [2.45, 2.75) is 64.3 Å². The van der Waals surface area contributed by atoms with Crippen molar-refractivity contribution >= 4 is 6.09 Å². The minimum atomic E-state index is -0.404. The van der Waals surface area contributed by atoms with Gasteiger partial charge in [-0.25, -0.2) is 4.79 Å². The van der Waals surface area contributed by atoms with E-state index in [9.17, 15) is 4.79 Å². The molecule has 0 bridgehead atoms. The summed E-state index contributed by atoms with van der Waals surface area (Å²) in [7, 11) is 2.17.